The number of alkyl halides is 1. The zero-order chi connectivity index (χ0) is 42.3. The average molecular weight is 935 g/mol. The summed E-state index contributed by atoms with van der Waals surface area (Å²) in [6.45, 7) is 6.05. The SMILES string of the molecule is CCC(CC)N(CCN(C)C(=O)CCC(=O)OCI)Cc1cccc(C(=O)Nc2sc3c(c2C(=O)Nc2ccc(CCc4ccc(C(=O)OC)cc4)cc2)CCCC3)c1. The van der Waals surface area contributed by atoms with Gasteiger partial charge in [0.1, 0.15) is 9.61 Å². The summed E-state index contributed by atoms with van der Waals surface area (Å²) in [7, 11) is 3.13. The number of esters is 2. The van der Waals surface area contributed by atoms with Gasteiger partial charge in [0.05, 0.1) is 24.7 Å². The second kappa shape index (κ2) is 22.7. The Bertz CT molecular complexity index is 2060. The number of hydrogen-bond donors (Lipinski definition) is 2. The molecule has 0 unspecified atom stereocenters. The minimum atomic E-state index is -0.376. The van der Waals surface area contributed by atoms with Crippen LogP contribution >= 0.6 is 33.9 Å². The van der Waals surface area contributed by atoms with E-state index in [0.29, 0.717) is 47.0 Å². The van der Waals surface area contributed by atoms with Gasteiger partial charge in [0.25, 0.3) is 11.8 Å². The number of nitrogens with zero attached hydrogens (tertiary/aromatic N) is 2. The number of thiophene rings is 1. The third-order valence-electron chi connectivity index (χ3n) is 10.9. The van der Waals surface area contributed by atoms with Crippen molar-refractivity contribution in [3.8, 4) is 0 Å². The van der Waals surface area contributed by atoms with E-state index in [1.54, 1.807) is 30.1 Å². The van der Waals surface area contributed by atoms with E-state index in [1.807, 2.05) is 77.2 Å². The van der Waals surface area contributed by atoms with Crippen molar-refractivity contribution in [3.05, 3.63) is 117 Å². The van der Waals surface area contributed by atoms with Crippen LogP contribution < -0.4 is 10.6 Å². The molecule has 13 heteroatoms. The van der Waals surface area contributed by atoms with E-state index < -0.39 is 0 Å². The van der Waals surface area contributed by atoms with Gasteiger partial charge in [-0.05, 0) is 133 Å². The summed E-state index contributed by atoms with van der Waals surface area (Å²) in [5.74, 6) is -1.35. The van der Waals surface area contributed by atoms with Gasteiger partial charge in [0.2, 0.25) is 5.91 Å². The van der Waals surface area contributed by atoms with Crippen molar-refractivity contribution in [3.63, 3.8) is 0 Å². The number of carbonyl (C=O) groups is 5. The Balaban J connectivity index is 1.23. The second-order valence-electron chi connectivity index (χ2n) is 14.8. The van der Waals surface area contributed by atoms with Crippen LogP contribution in [0, 0.1) is 0 Å². The molecule has 5 rings (SSSR count). The van der Waals surface area contributed by atoms with E-state index >= 15 is 0 Å². The predicted molar refractivity (Wildman–Crippen MR) is 242 cm³/mol. The van der Waals surface area contributed by atoms with Crippen LogP contribution in [0.3, 0.4) is 0 Å². The lowest BCUT2D eigenvalue weighted by Crippen LogP contribution is -2.41. The predicted octanol–water partition coefficient (Wildman–Crippen LogP) is 8.87. The lowest BCUT2D eigenvalue weighted by molar-refractivity contribution is -0.143. The van der Waals surface area contributed by atoms with E-state index in [4.69, 9.17) is 9.47 Å². The molecule has 59 heavy (non-hydrogen) atoms. The number of fused-ring (bicyclic) bond motifs is 1. The number of nitrogens with one attached hydrogen (secondary N) is 2. The van der Waals surface area contributed by atoms with Crippen LogP contribution in [-0.2, 0) is 51.3 Å². The maximum absolute atomic E-state index is 14.0. The first-order valence-corrected chi connectivity index (χ1v) is 22.7. The van der Waals surface area contributed by atoms with Crippen molar-refractivity contribution in [2.24, 2.45) is 0 Å². The smallest absolute Gasteiger partial charge is 0.337 e. The molecule has 3 amide bonds. The molecule has 0 spiro atoms. The molecule has 3 aromatic carbocycles. The molecular formula is C46H55IN4O7S. The van der Waals surface area contributed by atoms with E-state index in [1.165, 1.54) is 18.4 Å². The number of methoxy groups -OCH3 is 1. The van der Waals surface area contributed by atoms with E-state index in [0.717, 1.165) is 78.5 Å². The third kappa shape index (κ3) is 12.9. The largest absolute Gasteiger partial charge is 0.465 e. The first-order chi connectivity index (χ1) is 28.5. The Hall–Kier alpha value is -4.60. The molecule has 0 saturated carbocycles. The van der Waals surface area contributed by atoms with Crippen LogP contribution in [-0.4, -0.2) is 77.4 Å². The molecule has 1 heterocycles. The fourth-order valence-corrected chi connectivity index (χ4v) is 9.04. The summed E-state index contributed by atoms with van der Waals surface area (Å²) in [6, 6.07) is 23.1. The van der Waals surface area contributed by atoms with E-state index in [-0.39, 0.29) is 53.2 Å². The van der Waals surface area contributed by atoms with E-state index in [2.05, 4.69) is 29.4 Å². The molecular weight excluding hydrogens is 879 g/mol. The summed E-state index contributed by atoms with van der Waals surface area (Å²) >= 11 is 3.45. The number of likely N-dealkylation sites (N-methyl/N-ethyl adjacent to an activating group) is 1. The van der Waals surface area contributed by atoms with Gasteiger partial charge in [-0.2, -0.15) is 0 Å². The standard InChI is InChI=1S/C46H55IN4O7S/c1-5-37(6-2)51(27-26-50(3)40(52)24-25-41(53)58-30-47)29-33-10-9-11-35(28-33)43(54)49-45-42(38-12-7-8-13-39(38)59-45)44(55)48-36-22-18-32(19-23-36)15-14-31-16-20-34(21-17-31)46(56)57-4/h9-11,16-23,28,37H,5-8,12-15,24-27,29-30H2,1-4H3,(H,48,55)(H,49,54). The normalized spacial score (nSPS) is 12.2. The highest BCUT2D eigenvalue weighted by atomic mass is 127. The van der Waals surface area contributed by atoms with Crippen LogP contribution in [0.5, 0.6) is 0 Å². The molecule has 2 N–H and O–H groups in total. The summed E-state index contributed by atoms with van der Waals surface area (Å²) in [6.07, 6.45) is 7.35. The number of ether oxygens (including phenoxy) is 2. The number of benzene rings is 3. The van der Waals surface area contributed by atoms with Gasteiger partial charge >= 0.3 is 11.9 Å². The Morgan fingerprint density at radius 3 is 2.14 bits per heavy atom. The summed E-state index contributed by atoms with van der Waals surface area (Å²) in [5.41, 5.74) is 6.47. The lowest BCUT2D eigenvalue weighted by Gasteiger charge is -2.32. The molecule has 0 aliphatic heterocycles. The topological polar surface area (TPSA) is 134 Å². The van der Waals surface area contributed by atoms with Crippen LogP contribution in [0.1, 0.15) is 111 Å². The van der Waals surface area contributed by atoms with Crippen molar-refractivity contribution in [2.75, 3.05) is 42.5 Å². The maximum Gasteiger partial charge on any atom is 0.337 e. The van der Waals surface area contributed by atoms with Crippen molar-refractivity contribution >= 4 is 74.3 Å². The Morgan fingerprint density at radius 2 is 1.47 bits per heavy atom. The quantitative estimate of drug-likeness (QED) is 0.0510. The average Bonchev–Trinajstić information content (AvgIpc) is 3.62. The fourth-order valence-electron chi connectivity index (χ4n) is 7.41. The third-order valence-corrected chi connectivity index (χ3v) is 12.4. The number of rotatable bonds is 20. The minimum Gasteiger partial charge on any atom is -0.465 e. The van der Waals surface area contributed by atoms with Gasteiger partial charge in [0.15, 0.2) is 0 Å². The van der Waals surface area contributed by atoms with Gasteiger partial charge < -0.3 is 25.0 Å². The molecule has 0 bridgehead atoms. The molecule has 0 atom stereocenters. The first-order valence-electron chi connectivity index (χ1n) is 20.3. The van der Waals surface area contributed by atoms with Gasteiger partial charge in [-0.25, -0.2) is 4.79 Å². The van der Waals surface area contributed by atoms with Crippen molar-refractivity contribution in [2.45, 2.75) is 90.6 Å². The zero-order valence-corrected chi connectivity index (χ0v) is 37.4. The maximum atomic E-state index is 14.0. The van der Waals surface area contributed by atoms with Crippen LogP contribution in [0.2, 0.25) is 0 Å². The minimum absolute atomic E-state index is 0.0615. The molecule has 314 valence electrons. The van der Waals surface area contributed by atoms with Crippen molar-refractivity contribution in [1.29, 1.82) is 0 Å². The first kappa shape index (κ1) is 45.5. The Morgan fingerprint density at radius 1 is 0.797 bits per heavy atom. The number of halogens is 1. The Labute approximate surface area is 365 Å². The zero-order valence-electron chi connectivity index (χ0n) is 34.4. The van der Waals surface area contributed by atoms with Crippen molar-refractivity contribution in [1.82, 2.24) is 9.80 Å². The van der Waals surface area contributed by atoms with Gasteiger partial charge in [-0.15, -0.1) is 11.3 Å². The number of aryl methyl sites for hydroxylation is 3. The molecule has 11 nitrogen and oxygen atoms in total. The highest BCUT2D eigenvalue weighted by Gasteiger charge is 2.27. The molecule has 1 aromatic heterocycles. The molecule has 1 aliphatic rings. The van der Waals surface area contributed by atoms with Crippen LogP contribution in [0.25, 0.3) is 0 Å². The van der Waals surface area contributed by atoms with Gasteiger partial charge in [-0.3, -0.25) is 24.1 Å². The van der Waals surface area contributed by atoms with E-state index in [9.17, 15) is 24.0 Å². The van der Waals surface area contributed by atoms with Crippen LogP contribution in [0.4, 0.5) is 10.7 Å². The van der Waals surface area contributed by atoms with Crippen molar-refractivity contribution < 1.29 is 33.4 Å². The molecule has 4 aromatic rings. The monoisotopic (exact) mass is 934 g/mol. The van der Waals surface area contributed by atoms with Gasteiger partial charge in [0, 0.05) is 55.3 Å². The fraction of sp³-hybridized carbons (Fsp3) is 0.413. The second-order valence-corrected chi connectivity index (χ2v) is 16.5. The summed E-state index contributed by atoms with van der Waals surface area (Å²) < 4.78 is 10.0. The highest BCUT2D eigenvalue weighted by molar-refractivity contribution is 14.1. The summed E-state index contributed by atoms with van der Waals surface area (Å²) in [5, 5.41) is 6.77. The molecule has 0 fully saturated rings. The van der Waals surface area contributed by atoms with Gasteiger partial charge in [-0.1, -0.05) is 50.2 Å². The number of anilines is 2. The Kier molecular flexibility index (Phi) is 17.5. The highest BCUT2D eigenvalue weighted by Crippen LogP contribution is 2.39. The number of amides is 3. The number of carbonyl (C=O) groups excluding carboxylic acids is 5. The summed E-state index contributed by atoms with van der Waals surface area (Å²) in [4.78, 5) is 69.3. The molecule has 0 saturated heterocycles. The lowest BCUT2D eigenvalue weighted by atomic mass is 9.95. The van der Waals surface area contributed by atoms with Crippen LogP contribution in [0.15, 0.2) is 72.8 Å². The molecule has 1 aliphatic carbocycles. The number of hydrogen-bond acceptors (Lipinski definition) is 9. The molecule has 0 radical (unpaired) electrons.